The number of phenolic OH excluding ortho intramolecular Hbond substituents is 1. The van der Waals surface area contributed by atoms with Gasteiger partial charge in [0.1, 0.15) is 35.2 Å². The zero-order chi connectivity index (χ0) is 32.5. The summed E-state index contributed by atoms with van der Waals surface area (Å²) in [5.74, 6) is 1.21. The number of halogens is 3. The zero-order valence-corrected chi connectivity index (χ0v) is 25.7. The predicted octanol–water partition coefficient (Wildman–Crippen LogP) is 5.78. The van der Waals surface area contributed by atoms with E-state index in [-0.39, 0.29) is 51.1 Å². The molecule has 0 spiro atoms. The second kappa shape index (κ2) is 11.0. The van der Waals surface area contributed by atoms with Crippen LogP contribution in [0.3, 0.4) is 0 Å². The normalized spacial score (nSPS) is 25.7. The summed E-state index contributed by atoms with van der Waals surface area (Å²) >= 11 is 0. The third-order valence-corrected chi connectivity index (χ3v) is 10.3. The molecule has 47 heavy (non-hydrogen) atoms. The number of piperazine rings is 1. The van der Waals surface area contributed by atoms with Crippen molar-refractivity contribution >= 4 is 27.5 Å². The molecule has 6 heterocycles. The van der Waals surface area contributed by atoms with Gasteiger partial charge in [0.05, 0.1) is 28.4 Å². The number of nitrogens with zero attached hydrogens (tertiary/aromatic N) is 5. The van der Waals surface area contributed by atoms with E-state index in [2.05, 4.69) is 32.7 Å². The Morgan fingerprint density at radius 2 is 2.11 bits per heavy atom. The Kier molecular flexibility index (Phi) is 6.93. The maximum Gasteiger partial charge on any atom is 0.319 e. The third kappa shape index (κ3) is 4.81. The fourth-order valence-corrected chi connectivity index (χ4v) is 8.30. The standard InChI is InChI=1S/C36H33F3N6O2/c1-3-25-28(38)6-5-22-13-24(46)14-26(29(22)25)31-30(39)32-27(16-40-31)33(44-18-23-7-9-35(19-44,43-23)10-11-37)42-34(41-32)47-20-36-8-4-12-45(36)17-21(2)15-36/h1,5-6,10-11,13-14,16,23,43,46H,2,4,7-9,12,15,17-20H2/t23?,35?,36-/m0/s1. The van der Waals surface area contributed by atoms with Crippen LogP contribution < -0.4 is 15.0 Å². The number of terminal acetylenes is 1. The second-order valence-corrected chi connectivity index (χ2v) is 13.3. The monoisotopic (exact) mass is 638 g/mol. The molecule has 4 fully saturated rings. The quantitative estimate of drug-likeness (QED) is 0.203. The lowest BCUT2D eigenvalue weighted by Crippen LogP contribution is -2.59. The molecule has 0 saturated carbocycles. The van der Waals surface area contributed by atoms with Crippen LogP contribution in [-0.4, -0.2) is 74.9 Å². The minimum absolute atomic E-state index is 0.0133. The van der Waals surface area contributed by atoms with E-state index in [0.29, 0.717) is 42.6 Å². The van der Waals surface area contributed by atoms with Crippen LogP contribution in [0, 0.1) is 24.0 Å². The van der Waals surface area contributed by atoms with Crippen LogP contribution in [0.15, 0.2) is 55.0 Å². The topological polar surface area (TPSA) is 86.6 Å². The van der Waals surface area contributed by atoms with Gasteiger partial charge in [-0.1, -0.05) is 24.1 Å². The molecule has 2 bridgehead atoms. The van der Waals surface area contributed by atoms with Gasteiger partial charge < -0.3 is 20.1 Å². The summed E-state index contributed by atoms with van der Waals surface area (Å²) in [4.78, 5) is 18.3. The Hall–Kier alpha value is -4.66. The fraction of sp³-hybridized carbons (Fsp3) is 0.361. The predicted molar refractivity (Wildman–Crippen MR) is 174 cm³/mol. The van der Waals surface area contributed by atoms with Crippen molar-refractivity contribution in [2.24, 2.45) is 0 Å². The van der Waals surface area contributed by atoms with Crippen molar-refractivity contribution in [1.82, 2.24) is 25.2 Å². The van der Waals surface area contributed by atoms with Crippen molar-refractivity contribution in [2.75, 3.05) is 37.7 Å². The molecule has 11 heteroatoms. The van der Waals surface area contributed by atoms with E-state index in [1.165, 1.54) is 36.5 Å². The van der Waals surface area contributed by atoms with Crippen molar-refractivity contribution < 1.29 is 23.0 Å². The molecule has 2 aromatic heterocycles. The van der Waals surface area contributed by atoms with Gasteiger partial charge in [-0.25, -0.2) is 13.2 Å². The highest BCUT2D eigenvalue weighted by Crippen LogP contribution is 2.43. The first kappa shape index (κ1) is 29.7. The molecule has 2 aromatic carbocycles. The van der Waals surface area contributed by atoms with Crippen molar-refractivity contribution in [3.05, 3.63) is 72.2 Å². The van der Waals surface area contributed by atoms with Gasteiger partial charge in [-0.15, -0.1) is 6.42 Å². The number of phenols is 1. The van der Waals surface area contributed by atoms with Gasteiger partial charge in [-0.3, -0.25) is 9.88 Å². The lowest BCUT2D eigenvalue weighted by atomic mass is 9.94. The first-order valence-corrected chi connectivity index (χ1v) is 15.8. The summed E-state index contributed by atoms with van der Waals surface area (Å²) < 4.78 is 51.6. The average molecular weight is 639 g/mol. The van der Waals surface area contributed by atoms with E-state index >= 15 is 4.39 Å². The third-order valence-electron chi connectivity index (χ3n) is 10.3. The maximum absolute atomic E-state index is 16.9. The molecule has 0 radical (unpaired) electrons. The van der Waals surface area contributed by atoms with E-state index in [9.17, 15) is 13.9 Å². The molecule has 2 N–H and O–H groups in total. The summed E-state index contributed by atoms with van der Waals surface area (Å²) in [7, 11) is 0. The Morgan fingerprint density at radius 1 is 1.23 bits per heavy atom. The van der Waals surface area contributed by atoms with Crippen LogP contribution in [0.1, 0.15) is 37.7 Å². The lowest BCUT2D eigenvalue weighted by molar-refractivity contribution is 0.108. The number of ether oxygens (including phenoxy) is 1. The number of anilines is 1. The summed E-state index contributed by atoms with van der Waals surface area (Å²) in [6, 6.07) is 5.54. The zero-order valence-electron chi connectivity index (χ0n) is 25.7. The molecule has 4 aliphatic heterocycles. The van der Waals surface area contributed by atoms with Gasteiger partial charge in [0, 0.05) is 42.8 Å². The Balaban J connectivity index is 1.29. The fourth-order valence-electron chi connectivity index (χ4n) is 8.30. The van der Waals surface area contributed by atoms with Crippen molar-refractivity contribution in [3.63, 3.8) is 0 Å². The van der Waals surface area contributed by atoms with Gasteiger partial charge in [0.15, 0.2) is 5.82 Å². The number of nitrogens with one attached hydrogen (secondary N) is 1. The van der Waals surface area contributed by atoms with E-state index in [0.717, 1.165) is 50.8 Å². The highest BCUT2D eigenvalue weighted by Gasteiger charge is 2.47. The van der Waals surface area contributed by atoms with Crippen LogP contribution in [0.2, 0.25) is 0 Å². The summed E-state index contributed by atoms with van der Waals surface area (Å²) in [6.45, 7) is 7.27. The average Bonchev–Trinajstić information content (AvgIpc) is 3.68. The largest absolute Gasteiger partial charge is 0.508 e. The van der Waals surface area contributed by atoms with Gasteiger partial charge in [0.25, 0.3) is 0 Å². The molecule has 8 rings (SSSR count). The highest BCUT2D eigenvalue weighted by atomic mass is 19.1. The van der Waals surface area contributed by atoms with Crippen LogP contribution >= 0.6 is 0 Å². The van der Waals surface area contributed by atoms with E-state index in [1.54, 1.807) is 0 Å². The van der Waals surface area contributed by atoms with Gasteiger partial charge in [0.2, 0.25) is 0 Å². The number of hydrogen-bond donors (Lipinski definition) is 2. The van der Waals surface area contributed by atoms with E-state index in [4.69, 9.17) is 16.1 Å². The number of aromatic hydroxyl groups is 1. The number of aromatic nitrogens is 3. The lowest BCUT2D eigenvalue weighted by Gasteiger charge is -2.40. The van der Waals surface area contributed by atoms with Gasteiger partial charge in [-0.2, -0.15) is 9.97 Å². The van der Waals surface area contributed by atoms with E-state index < -0.39 is 17.2 Å². The molecule has 4 aliphatic rings. The summed E-state index contributed by atoms with van der Waals surface area (Å²) in [5.41, 5.74) is 0.227. The van der Waals surface area contributed by atoms with Crippen molar-refractivity contribution in [1.29, 1.82) is 0 Å². The molecule has 240 valence electrons. The van der Waals surface area contributed by atoms with Gasteiger partial charge >= 0.3 is 6.01 Å². The number of fused-ring (bicyclic) bond motifs is 5. The number of rotatable bonds is 6. The molecule has 0 amide bonds. The molecule has 2 unspecified atom stereocenters. The van der Waals surface area contributed by atoms with E-state index in [1.807, 2.05) is 4.90 Å². The molecule has 3 atom stereocenters. The Bertz CT molecular complexity index is 2050. The minimum atomic E-state index is -0.790. The maximum atomic E-state index is 16.9. The Morgan fingerprint density at radius 3 is 2.94 bits per heavy atom. The Labute approximate surface area is 270 Å². The second-order valence-electron chi connectivity index (χ2n) is 13.3. The number of benzene rings is 2. The molecule has 4 aromatic rings. The SMILES string of the molecule is C#Cc1c(F)ccc2cc(O)cc(-c3ncc4c(N5CC6CCC(C=CF)(C5)N6)nc(OC[C@@]56CCCN5CC(=C)C6)nc4c3F)c12. The molecular formula is C36H33F3N6O2. The number of pyridine rings is 1. The molecule has 0 aliphatic carbocycles. The van der Waals surface area contributed by atoms with Crippen molar-refractivity contribution in [3.8, 4) is 35.4 Å². The van der Waals surface area contributed by atoms with Crippen LogP contribution in [0.25, 0.3) is 32.9 Å². The van der Waals surface area contributed by atoms with Crippen LogP contribution in [0.4, 0.5) is 19.0 Å². The first-order chi connectivity index (χ1) is 22.7. The molecule has 4 saturated heterocycles. The minimum Gasteiger partial charge on any atom is -0.508 e. The molecule has 8 nitrogen and oxygen atoms in total. The summed E-state index contributed by atoms with van der Waals surface area (Å²) in [5, 5.41) is 15.1. The molecular weight excluding hydrogens is 605 g/mol. The summed E-state index contributed by atoms with van der Waals surface area (Å²) in [6.07, 6.45) is 13.7. The smallest absolute Gasteiger partial charge is 0.319 e. The van der Waals surface area contributed by atoms with Crippen LogP contribution in [0.5, 0.6) is 11.8 Å². The highest BCUT2D eigenvalue weighted by molar-refractivity contribution is 6.03. The van der Waals surface area contributed by atoms with Gasteiger partial charge in [-0.05, 0) is 68.3 Å². The van der Waals surface area contributed by atoms with Crippen LogP contribution in [-0.2, 0) is 0 Å². The van der Waals surface area contributed by atoms with Crippen molar-refractivity contribution in [2.45, 2.75) is 49.2 Å². The number of hydrogen-bond acceptors (Lipinski definition) is 8. The first-order valence-electron chi connectivity index (χ1n) is 15.8.